The van der Waals surface area contributed by atoms with Crippen molar-refractivity contribution in [2.24, 2.45) is 0 Å². The van der Waals surface area contributed by atoms with Gasteiger partial charge in [-0.25, -0.2) is 17.5 Å². The van der Waals surface area contributed by atoms with Gasteiger partial charge in [0.25, 0.3) is 0 Å². The summed E-state index contributed by atoms with van der Waals surface area (Å²) >= 11 is 2.95. The van der Waals surface area contributed by atoms with Crippen LogP contribution < -0.4 is 10.0 Å². The molecule has 0 atom stereocenters. The number of benzene rings is 1. The fraction of sp³-hybridized carbons (Fsp3) is 0.400. The third-order valence-electron chi connectivity index (χ3n) is 2.10. The summed E-state index contributed by atoms with van der Waals surface area (Å²) in [6.07, 6.45) is 0.644. The van der Waals surface area contributed by atoms with E-state index in [0.29, 0.717) is 13.0 Å². The number of hydrogen-bond acceptors (Lipinski definition) is 3. The lowest BCUT2D eigenvalue weighted by Gasteiger charge is -2.08. The summed E-state index contributed by atoms with van der Waals surface area (Å²) in [5.41, 5.74) is 0. The maximum Gasteiger partial charge on any atom is 0.243 e. The average molecular weight is 362 g/mol. The first-order chi connectivity index (χ1) is 7.99. The van der Waals surface area contributed by atoms with Crippen LogP contribution in [0, 0.1) is 5.82 Å². The fourth-order valence-corrected chi connectivity index (χ4v) is 2.91. The van der Waals surface area contributed by atoms with Gasteiger partial charge >= 0.3 is 0 Å². The van der Waals surface area contributed by atoms with Crippen LogP contribution in [0.2, 0.25) is 0 Å². The van der Waals surface area contributed by atoms with E-state index in [0.717, 1.165) is 0 Å². The molecule has 0 bridgehead atoms. The highest BCUT2D eigenvalue weighted by atomic mass is 79.9. The minimum absolute atomic E-state index is 0. The highest BCUT2D eigenvalue weighted by molar-refractivity contribution is 9.10. The van der Waals surface area contributed by atoms with E-state index in [1.165, 1.54) is 18.2 Å². The van der Waals surface area contributed by atoms with Crippen LogP contribution in [0.4, 0.5) is 4.39 Å². The number of sulfonamides is 1. The lowest BCUT2D eigenvalue weighted by Crippen LogP contribution is -2.27. The van der Waals surface area contributed by atoms with E-state index in [9.17, 15) is 12.8 Å². The zero-order chi connectivity index (χ0) is 12.9. The molecule has 1 aromatic rings. The topological polar surface area (TPSA) is 58.2 Å². The molecule has 0 heterocycles. The van der Waals surface area contributed by atoms with Crippen LogP contribution in [0.25, 0.3) is 0 Å². The van der Waals surface area contributed by atoms with Gasteiger partial charge in [-0.3, -0.25) is 0 Å². The Labute approximate surface area is 121 Å². The molecule has 104 valence electrons. The van der Waals surface area contributed by atoms with Gasteiger partial charge < -0.3 is 5.32 Å². The molecule has 1 rings (SSSR count). The lowest BCUT2D eigenvalue weighted by molar-refractivity contribution is 0.552. The van der Waals surface area contributed by atoms with E-state index < -0.39 is 15.8 Å². The van der Waals surface area contributed by atoms with Gasteiger partial charge in [-0.15, -0.1) is 12.4 Å². The summed E-state index contributed by atoms with van der Waals surface area (Å²) in [6, 6.07) is 4.17. The van der Waals surface area contributed by atoms with Gasteiger partial charge in [0.2, 0.25) is 10.0 Å². The normalized spacial score (nSPS) is 11.1. The van der Waals surface area contributed by atoms with Crippen LogP contribution in [-0.2, 0) is 10.0 Å². The number of hydrogen-bond donors (Lipinski definition) is 2. The second-order valence-electron chi connectivity index (χ2n) is 3.41. The first kappa shape index (κ1) is 17.8. The maximum absolute atomic E-state index is 13.6. The molecule has 0 spiro atoms. The highest BCUT2D eigenvalue weighted by Gasteiger charge is 2.19. The Kier molecular flexibility index (Phi) is 7.97. The minimum Gasteiger partial charge on any atom is -0.320 e. The summed E-state index contributed by atoms with van der Waals surface area (Å²) < 4.78 is 39.6. The van der Waals surface area contributed by atoms with Gasteiger partial charge in [0.1, 0.15) is 4.90 Å². The molecule has 0 unspecified atom stereocenters. The van der Waals surface area contributed by atoms with Crippen molar-refractivity contribution in [1.82, 2.24) is 10.0 Å². The van der Waals surface area contributed by atoms with E-state index in [2.05, 4.69) is 26.0 Å². The Hall–Kier alpha value is -0.210. The first-order valence-electron chi connectivity index (χ1n) is 5.07. The maximum atomic E-state index is 13.6. The van der Waals surface area contributed by atoms with Crippen LogP contribution in [0.15, 0.2) is 27.6 Å². The smallest absolute Gasteiger partial charge is 0.243 e. The Balaban J connectivity index is 0.00000289. The summed E-state index contributed by atoms with van der Waals surface area (Å²) in [7, 11) is -2.00. The predicted octanol–water partition coefficient (Wildman–Crippen LogP) is 1.90. The van der Waals surface area contributed by atoms with Crippen LogP contribution in [0.5, 0.6) is 0 Å². The molecule has 0 aliphatic rings. The van der Waals surface area contributed by atoms with Crippen LogP contribution in [0.1, 0.15) is 6.42 Å². The Bertz CT molecular complexity index is 485. The molecule has 0 aliphatic heterocycles. The number of rotatable bonds is 6. The molecule has 0 fully saturated rings. The van der Waals surface area contributed by atoms with Crippen molar-refractivity contribution < 1.29 is 12.8 Å². The molecule has 8 heteroatoms. The van der Waals surface area contributed by atoms with E-state index in [1.807, 2.05) is 0 Å². The van der Waals surface area contributed by atoms with E-state index >= 15 is 0 Å². The third-order valence-corrected chi connectivity index (χ3v) is 4.19. The Morgan fingerprint density at radius 1 is 1.33 bits per heavy atom. The van der Waals surface area contributed by atoms with Crippen molar-refractivity contribution in [2.45, 2.75) is 11.3 Å². The van der Waals surface area contributed by atoms with Crippen molar-refractivity contribution in [3.63, 3.8) is 0 Å². The van der Waals surface area contributed by atoms with Gasteiger partial charge in [0.15, 0.2) is 5.82 Å². The van der Waals surface area contributed by atoms with Crippen molar-refractivity contribution in [1.29, 1.82) is 0 Å². The highest BCUT2D eigenvalue weighted by Crippen LogP contribution is 2.21. The van der Waals surface area contributed by atoms with Gasteiger partial charge in [0.05, 0.1) is 4.47 Å². The monoisotopic (exact) mass is 360 g/mol. The standard InChI is InChI=1S/C10H14BrFN2O2S.ClH/c1-13-6-3-7-14-17(15,16)9-5-2-4-8(11)10(9)12;/h2,4-5,13-14H,3,6-7H2,1H3;1H. The van der Waals surface area contributed by atoms with Crippen molar-refractivity contribution in [2.75, 3.05) is 20.1 Å². The zero-order valence-corrected chi connectivity index (χ0v) is 13.0. The summed E-state index contributed by atoms with van der Waals surface area (Å²) in [6.45, 7) is 0.971. The molecule has 0 aliphatic carbocycles. The lowest BCUT2D eigenvalue weighted by atomic mass is 10.3. The fourth-order valence-electron chi connectivity index (χ4n) is 1.24. The van der Waals surface area contributed by atoms with Crippen LogP contribution in [-0.4, -0.2) is 28.6 Å². The summed E-state index contributed by atoms with van der Waals surface area (Å²) in [4.78, 5) is -0.337. The zero-order valence-electron chi connectivity index (χ0n) is 9.74. The predicted molar refractivity (Wildman–Crippen MR) is 75.1 cm³/mol. The Morgan fingerprint density at radius 2 is 2.00 bits per heavy atom. The van der Waals surface area contributed by atoms with Crippen molar-refractivity contribution in [3.8, 4) is 0 Å². The molecule has 18 heavy (non-hydrogen) atoms. The molecule has 0 aromatic heterocycles. The number of nitrogens with one attached hydrogen (secondary N) is 2. The van der Waals surface area contributed by atoms with Crippen molar-refractivity contribution >= 4 is 38.4 Å². The first-order valence-corrected chi connectivity index (χ1v) is 7.35. The number of halogens is 3. The molecule has 1 aromatic carbocycles. The summed E-state index contributed by atoms with van der Waals surface area (Å²) in [5, 5.41) is 2.90. The molecule has 2 N–H and O–H groups in total. The molecule has 4 nitrogen and oxygen atoms in total. The second-order valence-corrected chi connectivity index (χ2v) is 6.00. The molecule has 0 saturated carbocycles. The Morgan fingerprint density at radius 3 is 2.61 bits per heavy atom. The quantitative estimate of drug-likeness (QED) is 0.761. The molecular weight excluding hydrogens is 347 g/mol. The summed E-state index contributed by atoms with van der Waals surface area (Å²) in [5.74, 6) is -0.770. The second kappa shape index (κ2) is 8.06. The van der Waals surface area contributed by atoms with Gasteiger partial charge in [-0.1, -0.05) is 6.07 Å². The van der Waals surface area contributed by atoms with Crippen molar-refractivity contribution in [3.05, 3.63) is 28.5 Å². The van der Waals surface area contributed by atoms with Gasteiger partial charge in [-0.2, -0.15) is 0 Å². The molecular formula is C10H15BrClFN2O2S. The van der Waals surface area contributed by atoms with E-state index in [-0.39, 0.29) is 28.3 Å². The molecule has 0 saturated heterocycles. The van der Waals surface area contributed by atoms with Gasteiger partial charge in [0, 0.05) is 6.54 Å². The van der Waals surface area contributed by atoms with Crippen LogP contribution >= 0.6 is 28.3 Å². The van der Waals surface area contributed by atoms with Crippen LogP contribution in [0.3, 0.4) is 0 Å². The third kappa shape index (κ3) is 4.81. The SMILES string of the molecule is CNCCCNS(=O)(=O)c1cccc(Br)c1F.Cl. The largest absolute Gasteiger partial charge is 0.320 e. The molecule has 0 radical (unpaired) electrons. The van der Waals surface area contributed by atoms with E-state index in [1.54, 1.807) is 7.05 Å². The molecule has 0 amide bonds. The van der Waals surface area contributed by atoms with E-state index in [4.69, 9.17) is 0 Å². The average Bonchev–Trinajstić information content (AvgIpc) is 2.28. The van der Waals surface area contributed by atoms with Gasteiger partial charge in [-0.05, 0) is 48.1 Å². The minimum atomic E-state index is -3.78.